The van der Waals surface area contributed by atoms with Gasteiger partial charge in [-0.25, -0.2) is 4.79 Å². The van der Waals surface area contributed by atoms with Crippen LogP contribution in [-0.4, -0.2) is 19.7 Å². The number of carbonyl (C=O) groups excluding carboxylic acids is 1. The first-order valence-electron chi connectivity index (χ1n) is 7.50. The number of hydrogen-bond acceptors (Lipinski definition) is 4. The average Bonchev–Trinajstić information content (AvgIpc) is 2.62. The number of rotatable bonds is 7. The minimum atomic E-state index is -0.566. The SMILES string of the molecule is COC(=O)/C=C/c1c(OCCc2ccc(Cl)cc2)ccc(CCl)[n+]1[O-]. The molecule has 0 amide bonds. The smallest absolute Gasteiger partial charge is 0.330 e. The third-order valence-corrected chi connectivity index (χ3v) is 3.96. The van der Waals surface area contributed by atoms with Gasteiger partial charge >= 0.3 is 5.97 Å². The summed E-state index contributed by atoms with van der Waals surface area (Å²) < 4.78 is 10.9. The molecule has 1 aromatic carbocycles. The summed E-state index contributed by atoms with van der Waals surface area (Å²) in [4.78, 5) is 11.3. The molecule has 2 aromatic rings. The molecule has 0 spiro atoms. The van der Waals surface area contributed by atoms with Crippen LogP contribution in [-0.2, 0) is 21.8 Å². The summed E-state index contributed by atoms with van der Waals surface area (Å²) in [7, 11) is 1.26. The van der Waals surface area contributed by atoms with Crippen molar-refractivity contribution in [2.75, 3.05) is 13.7 Å². The molecule has 0 bridgehead atoms. The van der Waals surface area contributed by atoms with Crippen molar-refractivity contribution in [3.8, 4) is 5.75 Å². The number of carbonyl (C=O) groups is 1. The molecule has 0 aliphatic rings. The summed E-state index contributed by atoms with van der Waals surface area (Å²) in [6.45, 7) is 0.362. The van der Waals surface area contributed by atoms with Gasteiger partial charge < -0.3 is 14.7 Å². The molecule has 7 heteroatoms. The lowest BCUT2D eigenvalue weighted by molar-refractivity contribution is -0.615. The quantitative estimate of drug-likeness (QED) is 0.242. The first-order chi connectivity index (χ1) is 12.0. The van der Waals surface area contributed by atoms with Crippen molar-refractivity contribution < 1.29 is 19.0 Å². The van der Waals surface area contributed by atoms with Crippen LogP contribution in [0.3, 0.4) is 0 Å². The molecule has 0 saturated heterocycles. The summed E-state index contributed by atoms with van der Waals surface area (Å²) in [5.74, 6) is -0.158. The van der Waals surface area contributed by atoms with Crippen molar-refractivity contribution in [2.24, 2.45) is 0 Å². The Morgan fingerprint density at radius 1 is 1.24 bits per heavy atom. The van der Waals surface area contributed by atoms with Crippen LogP contribution in [0.2, 0.25) is 5.02 Å². The minimum Gasteiger partial charge on any atom is -0.618 e. The Morgan fingerprint density at radius 3 is 2.60 bits per heavy atom. The normalized spacial score (nSPS) is 10.8. The predicted octanol–water partition coefficient (Wildman–Crippen LogP) is 3.52. The van der Waals surface area contributed by atoms with E-state index in [0.29, 0.717) is 34.2 Å². The third kappa shape index (κ3) is 5.37. The lowest BCUT2D eigenvalue weighted by Crippen LogP contribution is -2.35. The fourth-order valence-corrected chi connectivity index (χ4v) is 2.42. The molecule has 2 rings (SSSR count). The Bertz CT molecular complexity index is 760. The van der Waals surface area contributed by atoms with Crippen molar-refractivity contribution in [1.29, 1.82) is 0 Å². The van der Waals surface area contributed by atoms with Gasteiger partial charge in [-0.1, -0.05) is 23.7 Å². The first-order valence-corrected chi connectivity index (χ1v) is 8.41. The maximum atomic E-state index is 12.3. The molecule has 5 nitrogen and oxygen atoms in total. The van der Waals surface area contributed by atoms with Crippen LogP contribution in [0.1, 0.15) is 17.0 Å². The van der Waals surface area contributed by atoms with Crippen LogP contribution in [0, 0.1) is 5.21 Å². The zero-order valence-corrected chi connectivity index (χ0v) is 15.1. The van der Waals surface area contributed by atoms with Crippen molar-refractivity contribution in [2.45, 2.75) is 12.3 Å². The van der Waals surface area contributed by atoms with Crippen LogP contribution in [0.25, 0.3) is 6.08 Å². The Balaban J connectivity index is 2.15. The number of methoxy groups -OCH3 is 1. The van der Waals surface area contributed by atoms with Crippen LogP contribution in [0.4, 0.5) is 0 Å². The number of hydrogen-bond donors (Lipinski definition) is 0. The lowest BCUT2D eigenvalue weighted by atomic mass is 10.2. The molecule has 132 valence electrons. The van der Waals surface area contributed by atoms with Gasteiger partial charge in [0.2, 0.25) is 5.69 Å². The van der Waals surface area contributed by atoms with Gasteiger partial charge in [-0.15, -0.1) is 11.6 Å². The van der Waals surface area contributed by atoms with Crippen molar-refractivity contribution >= 4 is 35.2 Å². The van der Waals surface area contributed by atoms with E-state index in [1.54, 1.807) is 12.1 Å². The highest BCUT2D eigenvalue weighted by Gasteiger charge is 2.16. The van der Waals surface area contributed by atoms with Gasteiger partial charge in [0.05, 0.1) is 13.7 Å². The van der Waals surface area contributed by atoms with E-state index in [9.17, 15) is 10.0 Å². The fraction of sp³-hybridized carbons (Fsp3) is 0.222. The van der Waals surface area contributed by atoms with E-state index in [0.717, 1.165) is 11.6 Å². The molecule has 0 fully saturated rings. The topological polar surface area (TPSA) is 62.5 Å². The van der Waals surface area contributed by atoms with Crippen molar-refractivity contribution in [3.63, 3.8) is 0 Å². The number of pyridine rings is 1. The number of ether oxygens (including phenoxy) is 2. The Morgan fingerprint density at radius 2 is 1.96 bits per heavy atom. The highest BCUT2D eigenvalue weighted by Crippen LogP contribution is 2.19. The van der Waals surface area contributed by atoms with Gasteiger partial charge in [0.1, 0.15) is 5.88 Å². The molecule has 1 aromatic heterocycles. The van der Waals surface area contributed by atoms with Crippen LogP contribution < -0.4 is 9.47 Å². The van der Waals surface area contributed by atoms with E-state index in [4.69, 9.17) is 27.9 Å². The predicted molar refractivity (Wildman–Crippen MR) is 96.7 cm³/mol. The van der Waals surface area contributed by atoms with E-state index in [-0.39, 0.29) is 11.6 Å². The lowest BCUT2D eigenvalue weighted by Gasteiger charge is -2.11. The second kappa shape index (κ2) is 9.30. The molecular formula is C18H17Cl2NO4. The van der Waals surface area contributed by atoms with Crippen molar-refractivity contribution in [1.82, 2.24) is 0 Å². The second-order valence-electron chi connectivity index (χ2n) is 5.08. The van der Waals surface area contributed by atoms with Crippen LogP contribution in [0.15, 0.2) is 42.5 Å². The highest BCUT2D eigenvalue weighted by molar-refractivity contribution is 6.30. The van der Waals surface area contributed by atoms with Crippen molar-refractivity contribution in [3.05, 3.63) is 69.7 Å². The number of esters is 1. The van der Waals surface area contributed by atoms with E-state index in [1.807, 2.05) is 24.3 Å². The van der Waals surface area contributed by atoms with E-state index in [2.05, 4.69) is 4.74 Å². The summed E-state index contributed by atoms with van der Waals surface area (Å²) >= 11 is 11.6. The zero-order valence-electron chi connectivity index (χ0n) is 13.6. The zero-order chi connectivity index (χ0) is 18.2. The number of halogens is 2. The Labute approximate surface area is 156 Å². The number of nitrogens with zero attached hydrogens (tertiary/aromatic N) is 1. The summed E-state index contributed by atoms with van der Waals surface area (Å²) in [6.07, 6.45) is 3.16. The summed E-state index contributed by atoms with van der Waals surface area (Å²) in [5.41, 5.74) is 1.61. The van der Waals surface area contributed by atoms with Gasteiger partial charge in [-0.3, -0.25) is 0 Å². The van der Waals surface area contributed by atoms with Crippen LogP contribution >= 0.6 is 23.2 Å². The van der Waals surface area contributed by atoms with Gasteiger partial charge in [0, 0.05) is 29.7 Å². The minimum absolute atomic E-state index is 0.0492. The molecule has 1 heterocycles. The number of benzene rings is 1. The number of aromatic nitrogens is 1. The molecule has 0 N–H and O–H groups in total. The molecule has 0 radical (unpaired) electrons. The fourth-order valence-electron chi connectivity index (χ4n) is 2.10. The molecule has 25 heavy (non-hydrogen) atoms. The van der Waals surface area contributed by atoms with E-state index < -0.39 is 5.97 Å². The molecule has 0 atom stereocenters. The number of alkyl halides is 1. The molecular weight excluding hydrogens is 365 g/mol. The highest BCUT2D eigenvalue weighted by atomic mass is 35.5. The van der Waals surface area contributed by atoms with E-state index in [1.165, 1.54) is 13.2 Å². The molecule has 0 aliphatic carbocycles. The molecule has 0 unspecified atom stereocenters. The Kier molecular flexibility index (Phi) is 7.10. The molecule has 0 aliphatic heterocycles. The van der Waals surface area contributed by atoms with Gasteiger partial charge in [0.15, 0.2) is 5.75 Å². The first kappa shape index (κ1) is 19.1. The standard InChI is InChI=1S/C18H17Cl2NO4/c1-24-18(22)9-7-16-17(8-6-15(12-19)21(16)23)25-11-10-13-2-4-14(20)5-3-13/h2-9H,10-12H2,1H3/b9-7+. The summed E-state index contributed by atoms with van der Waals surface area (Å²) in [6, 6.07) is 10.7. The average molecular weight is 382 g/mol. The second-order valence-corrected chi connectivity index (χ2v) is 5.79. The third-order valence-electron chi connectivity index (χ3n) is 3.44. The maximum Gasteiger partial charge on any atom is 0.330 e. The van der Waals surface area contributed by atoms with Gasteiger partial charge in [-0.2, -0.15) is 4.73 Å². The van der Waals surface area contributed by atoms with Gasteiger partial charge in [-0.05, 0) is 23.8 Å². The largest absolute Gasteiger partial charge is 0.618 e. The Hall–Kier alpha value is -2.24. The summed E-state index contributed by atoms with van der Waals surface area (Å²) in [5, 5.41) is 13.0. The van der Waals surface area contributed by atoms with Gasteiger partial charge in [0.25, 0.3) is 5.69 Å². The van der Waals surface area contributed by atoms with E-state index >= 15 is 0 Å². The maximum absolute atomic E-state index is 12.3. The monoisotopic (exact) mass is 381 g/mol. The van der Waals surface area contributed by atoms with Crippen LogP contribution in [0.5, 0.6) is 5.75 Å². The molecule has 0 saturated carbocycles.